The van der Waals surface area contributed by atoms with Crippen LogP contribution in [0.15, 0.2) is 18.2 Å². The van der Waals surface area contributed by atoms with Gasteiger partial charge in [-0.3, -0.25) is 10.1 Å². The van der Waals surface area contributed by atoms with Gasteiger partial charge in [0, 0.05) is 0 Å². The number of aliphatic carboxylic acids is 1. The number of hydrogen-bond donors (Lipinski definition) is 2. The lowest BCUT2D eigenvalue weighted by molar-refractivity contribution is -0.137. The van der Waals surface area contributed by atoms with Crippen molar-refractivity contribution in [1.29, 1.82) is 0 Å². The van der Waals surface area contributed by atoms with Crippen LogP contribution in [0.2, 0.25) is 5.02 Å². The van der Waals surface area contributed by atoms with Crippen LogP contribution in [0.4, 0.5) is 10.5 Å². The number of anilines is 1. The molecule has 1 aromatic carbocycles. The van der Waals surface area contributed by atoms with E-state index in [1.807, 2.05) is 0 Å². The second kappa shape index (κ2) is 6.80. The van der Waals surface area contributed by atoms with Gasteiger partial charge >= 0.3 is 12.1 Å². The van der Waals surface area contributed by atoms with E-state index < -0.39 is 17.7 Å². The fourth-order valence-electron chi connectivity index (χ4n) is 1.73. The molecule has 0 heterocycles. The first-order valence-electron chi connectivity index (χ1n) is 6.59. The van der Waals surface area contributed by atoms with E-state index in [4.69, 9.17) is 21.4 Å². The molecule has 0 saturated heterocycles. The van der Waals surface area contributed by atoms with E-state index in [0.717, 1.165) is 5.56 Å². The maximum Gasteiger partial charge on any atom is 0.412 e. The topological polar surface area (TPSA) is 75.6 Å². The number of rotatable bonds is 4. The van der Waals surface area contributed by atoms with Gasteiger partial charge in [-0.2, -0.15) is 0 Å². The summed E-state index contributed by atoms with van der Waals surface area (Å²) in [4.78, 5) is 22.4. The van der Waals surface area contributed by atoms with E-state index in [0.29, 0.717) is 10.7 Å². The minimum absolute atomic E-state index is 0.0230. The van der Waals surface area contributed by atoms with Crippen molar-refractivity contribution in [3.8, 4) is 0 Å². The zero-order valence-corrected chi connectivity index (χ0v) is 13.3. The number of carboxylic acids is 1. The zero-order chi connectivity index (χ0) is 16.2. The molecule has 1 rings (SSSR count). The van der Waals surface area contributed by atoms with Crippen LogP contribution in [0.1, 0.15) is 45.6 Å². The largest absolute Gasteiger partial charge is 0.481 e. The highest BCUT2D eigenvalue weighted by molar-refractivity contribution is 6.33. The van der Waals surface area contributed by atoms with Crippen molar-refractivity contribution in [2.45, 2.75) is 45.6 Å². The Kier molecular flexibility index (Phi) is 5.61. The number of carbonyl (C=O) groups excluding carboxylic acids is 1. The number of benzene rings is 1. The van der Waals surface area contributed by atoms with Gasteiger partial charge in [0.05, 0.1) is 17.1 Å². The van der Waals surface area contributed by atoms with Crippen LogP contribution in [-0.2, 0) is 9.53 Å². The summed E-state index contributed by atoms with van der Waals surface area (Å²) in [6, 6.07) is 5.04. The van der Waals surface area contributed by atoms with Crippen molar-refractivity contribution >= 4 is 29.4 Å². The molecule has 0 aromatic heterocycles. The van der Waals surface area contributed by atoms with Gasteiger partial charge in [0.1, 0.15) is 5.60 Å². The Morgan fingerprint density at radius 3 is 2.48 bits per heavy atom. The van der Waals surface area contributed by atoms with Crippen molar-refractivity contribution in [1.82, 2.24) is 0 Å². The molecular formula is C15H20ClNO4. The number of carbonyl (C=O) groups is 2. The van der Waals surface area contributed by atoms with Crippen LogP contribution in [-0.4, -0.2) is 22.8 Å². The fourth-order valence-corrected chi connectivity index (χ4v) is 1.97. The third kappa shape index (κ3) is 6.04. The molecule has 1 aromatic rings. The molecule has 0 radical (unpaired) electrons. The number of halogens is 1. The first-order chi connectivity index (χ1) is 9.58. The van der Waals surface area contributed by atoms with Crippen molar-refractivity contribution < 1.29 is 19.4 Å². The molecule has 0 aliphatic carbocycles. The highest BCUT2D eigenvalue weighted by atomic mass is 35.5. The summed E-state index contributed by atoms with van der Waals surface area (Å²) in [5.74, 6) is -1.02. The molecule has 5 nitrogen and oxygen atoms in total. The molecule has 0 spiro atoms. The van der Waals surface area contributed by atoms with Gasteiger partial charge in [0.2, 0.25) is 0 Å². The molecule has 0 aliphatic heterocycles. The molecule has 0 bridgehead atoms. The average molecular weight is 314 g/mol. The van der Waals surface area contributed by atoms with Crippen LogP contribution < -0.4 is 5.32 Å². The van der Waals surface area contributed by atoms with Gasteiger partial charge in [0.15, 0.2) is 0 Å². The summed E-state index contributed by atoms with van der Waals surface area (Å²) in [5.41, 5.74) is 0.640. The molecule has 21 heavy (non-hydrogen) atoms. The molecule has 1 atom stereocenters. The summed E-state index contributed by atoms with van der Waals surface area (Å²) < 4.78 is 5.14. The number of amides is 1. The molecule has 0 fully saturated rings. The number of hydrogen-bond acceptors (Lipinski definition) is 3. The van der Waals surface area contributed by atoms with E-state index in [-0.39, 0.29) is 12.3 Å². The molecule has 1 unspecified atom stereocenters. The number of ether oxygens (including phenoxy) is 1. The third-order valence-electron chi connectivity index (χ3n) is 2.68. The van der Waals surface area contributed by atoms with Crippen molar-refractivity contribution in [2.75, 3.05) is 5.32 Å². The lowest BCUT2D eigenvalue weighted by Crippen LogP contribution is -2.27. The number of carboxylic acid groups (broad SMARTS) is 1. The Labute approximate surface area is 129 Å². The second-order valence-electron chi connectivity index (χ2n) is 5.87. The molecule has 116 valence electrons. The van der Waals surface area contributed by atoms with Crippen LogP contribution in [0.25, 0.3) is 0 Å². The maximum absolute atomic E-state index is 11.7. The van der Waals surface area contributed by atoms with E-state index in [2.05, 4.69) is 5.32 Å². The molecule has 2 N–H and O–H groups in total. The minimum atomic E-state index is -0.866. The predicted molar refractivity (Wildman–Crippen MR) is 82.0 cm³/mol. The average Bonchev–Trinajstić information content (AvgIpc) is 2.28. The molecule has 1 amide bonds. The second-order valence-corrected chi connectivity index (χ2v) is 6.27. The summed E-state index contributed by atoms with van der Waals surface area (Å²) >= 11 is 6.11. The Balaban J connectivity index is 2.79. The highest BCUT2D eigenvalue weighted by Crippen LogP contribution is 2.28. The van der Waals surface area contributed by atoms with Gasteiger partial charge in [-0.05, 0) is 44.4 Å². The van der Waals surface area contributed by atoms with Gasteiger partial charge < -0.3 is 9.84 Å². The standard InChI is InChI=1S/C15H20ClNO4/c1-9(7-13(18)19)10-5-6-12(11(16)8-10)17-14(20)21-15(2,3)4/h5-6,8-9H,7H2,1-4H3,(H,17,20)(H,18,19). The summed E-state index contributed by atoms with van der Waals surface area (Å²) in [5, 5.41) is 11.7. The summed E-state index contributed by atoms with van der Waals surface area (Å²) in [7, 11) is 0. The van der Waals surface area contributed by atoms with Crippen LogP contribution >= 0.6 is 11.6 Å². The summed E-state index contributed by atoms with van der Waals surface area (Å²) in [6.07, 6.45) is -0.564. The fraction of sp³-hybridized carbons (Fsp3) is 0.467. The van der Waals surface area contributed by atoms with Gasteiger partial charge in [0.25, 0.3) is 0 Å². The predicted octanol–water partition coefficient (Wildman–Crippen LogP) is 4.27. The number of nitrogens with one attached hydrogen (secondary N) is 1. The SMILES string of the molecule is CC(CC(=O)O)c1ccc(NC(=O)OC(C)(C)C)c(Cl)c1. The van der Waals surface area contributed by atoms with Crippen molar-refractivity contribution in [3.63, 3.8) is 0 Å². The van der Waals surface area contributed by atoms with Crippen LogP contribution in [0.3, 0.4) is 0 Å². The Morgan fingerprint density at radius 2 is 2.00 bits per heavy atom. The van der Waals surface area contributed by atoms with Crippen LogP contribution in [0, 0.1) is 0 Å². The van der Waals surface area contributed by atoms with E-state index in [1.54, 1.807) is 45.9 Å². The molecule has 6 heteroatoms. The van der Waals surface area contributed by atoms with Crippen molar-refractivity contribution in [2.24, 2.45) is 0 Å². The van der Waals surface area contributed by atoms with Crippen LogP contribution in [0.5, 0.6) is 0 Å². The lowest BCUT2D eigenvalue weighted by atomic mass is 9.98. The van der Waals surface area contributed by atoms with E-state index >= 15 is 0 Å². The quantitative estimate of drug-likeness (QED) is 0.870. The smallest absolute Gasteiger partial charge is 0.412 e. The highest BCUT2D eigenvalue weighted by Gasteiger charge is 2.18. The van der Waals surface area contributed by atoms with Gasteiger partial charge in [-0.25, -0.2) is 4.79 Å². The third-order valence-corrected chi connectivity index (χ3v) is 2.99. The molecular weight excluding hydrogens is 294 g/mol. The Morgan fingerprint density at radius 1 is 1.38 bits per heavy atom. The zero-order valence-electron chi connectivity index (χ0n) is 12.6. The maximum atomic E-state index is 11.7. The van der Waals surface area contributed by atoms with Gasteiger partial charge in [-0.1, -0.05) is 24.6 Å². The molecule has 0 saturated carbocycles. The van der Waals surface area contributed by atoms with Gasteiger partial charge in [-0.15, -0.1) is 0 Å². The first-order valence-corrected chi connectivity index (χ1v) is 6.97. The Hall–Kier alpha value is -1.75. The van der Waals surface area contributed by atoms with Crippen molar-refractivity contribution in [3.05, 3.63) is 28.8 Å². The molecule has 0 aliphatic rings. The summed E-state index contributed by atoms with van der Waals surface area (Å²) in [6.45, 7) is 7.11. The van der Waals surface area contributed by atoms with E-state index in [9.17, 15) is 9.59 Å². The normalized spacial score (nSPS) is 12.6. The monoisotopic (exact) mass is 313 g/mol. The van der Waals surface area contributed by atoms with E-state index in [1.165, 1.54) is 0 Å². The Bertz CT molecular complexity index is 537. The minimum Gasteiger partial charge on any atom is -0.481 e. The first kappa shape index (κ1) is 17.3. The lowest BCUT2D eigenvalue weighted by Gasteiger charge is -2.20.